The summed E-state index contributed by atoms with van der Waals surface area (Å²) in [5.74, 6) is -0.0644. The van der Waals surface area contributed by atoms with Crippen LogP contribution in [0, 0.1) is 0 Å². The van der Waals surface area contributed by atoms with Crippen LogP contribution in [-0.4, -0.2) is 41.4 Å². The number of amides is 1. The summed E-state index contributed by atoms with van der Waals surface area (Å²) < 4.78 is 5.71. The smallest absolute Gasteiger partial charge is 0.254 e. The lowest BCUT2D eigenvalue weighted by molar-refractivity contribution is -0.0559. The maximum atomic E-state index is 12.4. The first-order chi connectivity index (χ1) is 8.99. The third-order valence-electron chi connectivity index (χ3n) is 2.90. The number of ether oxygens (including phenoxy) is 1. The summed E-state index contributed by atoms with van der Waals surface area (Å²) in [4.78, 5) is 14.2. The van der Waals surface area contributed by atoms with Crippen molar-refractivity contribution in [3.8, 4) is 0 Å². The predicted octanol–water partition coefficient (Wildman–Crippen LogP) is 3.62. The molecule has 1 fully saturated rings. The van der Waals surface area contributed by atoms with E-state index in [4.69, 9.17) is 27.9 Å². The first-order valence-corrected chi connectivity index (χ1v) is 7.84. The molecule has 1 aliphatic heterocycles. The Morgan fingerprint density at radius 1 is 1.37 bits per heavy atom. The van der Waals surface area contributed by atoms with Gasteiger partial charge in [0.1, 0.15) is 0 Å². The minimum atomic E-state index is -0.0644. The second-order valence-electron chi connectivity index (χ2n) is 4.59. The number of hydrogen-bond acceptors (Lipinski definition) is 2. The molecule has 0 aliphatic carbocycles. The summed E-state index contributed by atoms with van der Waals surface area (Å²) in [7, 11) is 0. The standard InChI is InChI=1S/C13H14BrCl2NO2/c1-8-6-17(7-12(5-14)19-8)13(18)9-2-10(15)4-11(16)3-9/h2-4,8,12H,5-7H2,1H3. The minimum Gasteiger partial charge on any atom is -0.371 e. The number of carbonyl (C=O) groups is 1. The summed E-state index contributed by atoms with van der Waals surface area (Å²) in [6.45, 7) is 3.10. The lowest BCUT2D eigenvalue weighted by Crippen LogP contribution is -2.49. The Morgan fingerprint density at radius 2 is 2.00 bits per heavy atom. The van der Waals surface area contributed by atoms with Gasteiger partial charge in [0.25, 0.3) is 5.91 Å². The Balaban J connectivity index is 2.18. The quantitative estimate of drug-likeness (QED) is 0.748. The maximum Gasteiger partial charge on any atom is 0.254 e. The molecule has 0 N–H and O–H groups in total. The molecule has 0 saturated carbocycles. The Bertz CT molecular complexity index is 463. The molecule has 1 aromatic rings. The van der Waals surface area contributed by atoms with E-state index in [2.05, 4.69) is 15.9 Å². The zero-order valence-electron chi connectivity index (χ0n) is 10.4. The van der Waals surface area contributed by atoms with E-state index in [1.807, 2.05) is 6.92 Å². The molecule has 0 spiro atoms. The fourth-order valence-electron chi connectivity index (χ4n) is 2.16. The van der Waals surface area contributed by atoms with E-state index < -0.39 is 0 Å². The average molecular weight is 367 g/mol. The minimum absolute atomic E-state index is 0.0161. The summed E-state index contributed by atoms with van der Waals surface area (Å²) in [6, 6.07) is 4.89. The van der Waals surface area contributed by atoms with Gasteiger partial charge >= 0.3 is 0 Å². The number of nitrogens with zero attached hydrogens (tertiary/aromatic N) is 1. The van der Waals surface area contributed by atoms with E-state index in [-0.39, 0.29) is 18.1 Å². The number of alkyl halides is 1. The Labute approximate surface area is 130 Å². The summed E-state index contributed by atoms with van der Waals surface area (Å²) in [6.07, 6.45) is 0.0391. The molecule has 1 aliphatic rings. The predicted molar refractivity (Wildman–Crippen MR) is 80.5 cm³/mol. The van der Waals surface area contributed by atoms with Crippen molar-refractivity contribution in [2.24, 2.45) is 0 Å². The molecule has 0 bridgehead atoms. The van der Waals surface area contributed by atoms with Crippen molar-refractivity contribution in [2.75, 3.05) is 18.4 Å². The third-order valence-corrected chi connectivity index (χ3v) is 4.05. The number of morpholine rings is 1. The summed E-state index contributed by atoms with van der Waals surface area (Å²) in [5.41, 5.74) is 0.514. The third kappa shape index (κ3) is 3.85. The van der Waals surface area contributed by atoms with Gasteiger partial charge in [-0.05, 0) is 25.1 Å². The Hall–Kier alpha value is -0.290. The van der Waals surface area contributed by atoms with Gasteiger partial charge in [0.05, 0.1) is 12.2 Å². The number of hydrogen-bond donors (Lipinski definition) is 0. The molecular formula is C13H14BrCl2NO2. The second-order valence-corrected chi connectivity index (χ2v) is 6.11. The van der Waals surface area contributed by atoms with Crippen LogP contribution < -0.4 is 0 Å². The van der Waals surface area contributed by atoms with E-state index in [0.717, 1.165) is 0 Å². The fraction of sp³-hybridized carbons (Fsp3) is 0.462. The number of carbonyl (C=O) groups excluding carboxylic acids is 1. The van der Waals surface area contributed by atoms with Crippen LogP contribution in [0.2, 0.25) is 10.0 Å². The maximum absolute atomic E-state index is 12.4. The first kappa shape index (κ1) is 15.1. The van der Waals surface area contributed by atoms with Gasteiger partial charge in [0.15, 0.2) is 0 Å². The van der Waals surface area contributed by atoms with Crippen LogP contribution >= 0.6 is 39.1 Å². The molecule has 1 saturated heterocycles. The first-order valence-electron chi connectivity index (χ1n) is 5.96. The van der Waals surface area contributed by atoms with E-state index in [9.17, 15) is 4.79 Å². The molecule has 0 aromatic heterocycles. The van der Waals surface area contributed by atoms with Crippen LogP contribution in [0.25, 0.3) is 0 Å². The molecule has 1 aromatic carbocycles. The van der Waals surface area contributed by atoms with Crippen LogP contribution in [0.1, 0.15) is 17.3 Å². The van der Waals surface area contributed by atoms with Crippen molar-refractivity contribution in [1.82, 2.24) is 4.90 Å². The van der Waals surface area contributed by atoms with Crippen LogP contribution in [0.4, 0.5) is 0 Å². The molecule has 19 heavy (non-hydrogen) atoms. The highest BCUT2D eigenvalue weighted by Crippen LogP contribution is 2.22. The van der Waals surface area contributed by atoms with Gasteiger partial charge in [-0.1, -0.05) is 39.1 Å². The normalized spacial score (nSPS) is 23.5. The zero-order valence-corrected chi connectivity index (χ0v) is 13.5. The average Bonchev–Trinajstić information content (AvgIpc) is 2.35. The molecule has 104 valence electrons. The van der Waals surface area contributed by atoms with Gasteiger partial charge in [-0.25, -0.2) is 0 Å². The molecule has 2 rings (SSSR count). The molecule has 1 amide bonds. The Kier molecular flexibility index (Phi) is 5.12. The SMILES string of the molecule is CC1CN(C(=O)c2cc(Cl)cc(Cl)c2)CC(CBr)O1. The zero-order chi connectivity index (χ0) is 14.0. The molecule has 2 atom stereocenters. The summed E-state index contributed by atoms with van der Waals surface area (Å²) in [5, 5.41) is 1.64. The van der Waals surface area contributed by atoms with Crippen molar-refractivity contribution in [3.05, 3.63) is 33.8 Å². The molecule has 6 heteroatoms. The fourth-order valence-corrected chi connectivity index (χ4v) is 3.04. The van der Waals surface area contributed by atoms with Gasteiger partial charge < -0.3 is 9.64 Å². The monoisotopic (exact) mass is 365 g/mol. The lowest BCUT2D eigenvalue weighted by atomic mass is 10.1. The van der Waals surface area contributed by atoms with E-state index in [0.29, 0.717) is 34.0 Å². The largest absolute Gasteiger partial charge is 0.371 e. The van der Waals surface area contributed by atoms with Crippen LogP contribution in [0.15, 0.2) is 18.2 Å². The van der Waals surface area contributed by atoms with Crippen molar-refractivity contribution in [1.29, 1.82) is 0 Å². The van der Waals surface area contributed by atoms with Gasteiger partial charge in [0.2, 0.25) is 0 Å². The van der Waals surface area contributed by atoms with Gasteiger partial charge in [-0.3, -0.25) is 4.79 Å². The second kappa shape index (κ2) is 6.44. The number of halogens is 3. The molecule has 1 heterocycles. The van der Waals surface area contributed by atoms with Crippen LogP contribution in [0.3, 0.4) is 0 Å². The number of rotatable bonds is 2. The molecule has 0 radical (unpaired) electrons. The topological polar surface area (TPSA) is 29.5 Å². The highest BCUT2D eigenvalue weighted by molar-refractivity contribution is 9.09. The summed E-state index contributed by atoms with van der Waals surface area (Å²) >= 11 is 15.3. The van der Waals surface area contributed by atoms with Crippen LogP contribution in [-0.2, 0) is 4.74 Å². The van der Waals surface area contributed by atoms with Gasteiger partial charge in [-0.2, -0.15) is 0 Å². The van der Waals surface area contributed by atoms with Gasteiger partial charge in [-0.15, -0.1) is 0 Å². The molecule has 3 nitrogen and oxygen atoms in total. The van der Waals surface area contributed by atoms with Crippen molar-refractivity contribution < 1.29 is 9.53 Å². The molecule has 2 unspecified atom stereocenters. The van der Waals surface area contributed by atoms with Crippen LogP contribution in [0.5, 0.6) is 0 Å². The van der Waals surface area contributed by atoms with Crippen molar-refractivity contribution >= 4 is 45.0 Å². The number of benzene rings is 1. The highest BCUT2D eigenvalue weighted by atomic mass is 79.9. The van der Waals surface area contributed by atoms with E-state index in [1.54, 1.807) is 23.1 Å². The molecular weight excluding hydrogens is 353 g/mol. The highest BCUT2D eigenvalue weighted by Gasteiger charge is 2.28. The van der Waals surface area contributed by atoms with E-state index in [1.165, 1.54) is 0 Å². The van der Waals surface area contributed by atoms with Crippen molar-refractivity contribution in [2.45, 2.75) is 19.1 Å². The lowest BCUT2D eigenvalue weighted by Gasteiger charge is -2.36. The Morgan fingerprint density at radius 3 is 2.58 bits per heavy atom. The van der Waals surface area contributed by atoms with E-state index >= 15 is 0 Å². The van der Waals surface area contributed by atoms with Gasteiger partial charge in [0, 0.05) is 34.0 Å². The van der Waals surface area contributed by atoms with Crippen molar-refractivity contribution in [3.63, 3.8) is 0 Å².